The number of H-pyrrole nitrogens is 1. The second-order valence-corrected chi connectivity index (χ2v) is 4.90. The molecule has 0 unspecified atom stereocenters. The number of aromatic nitrogens is 2. The van der Waals surface area contributed by atoms with Crippen molar-refractivity contribution in [1.82, 2.24) is 20.0 Å². The first-order valence-corrected chi connectivity index (χ1v) is 6.70. The third-order valence-electron chi connectivity index (χ3n) is 3.55. The van der Waals surface area contributed by atoms with Gasteiger partial charge < -0.3 is 9.80 Å². The van der Waals surface area contributed by atoms with Gasteiger partial charge in [-0.1, -0.05) is 19.8 Å². The van der Waals surface area contributed by atoms with Gasteiger partial charge in [0.2, 0.25) is 5.91 Å². The van der Waals surface area contributed by atoms with Crippen molar-refractivity contribution in [3.63, 3.8) is 0 Å². The Morgan fingerprint density at radius 3 is 2.95 bits per heavy atom. The molecule has 2 heterocycles. The van der Waals surface area contributed by atoms with E-state index in [1.54, 1.807) is 23.0 Å². The zero-order valence-electron chi connectivity index (χ0n) is 11.4. The minimum Gasteiger partial charge on any atom is -0.342 e. The molecule has 6 nitrogen and oxygen atoms in total. The van der Waals surface area contributed by atoms with Crippen molar-refractivity contribution in [1.29, 1.82) is 0 Å². The molecule has 0 bridgehead atoms. The van der Waals surface area contributed by atoms with Gasteiger partial charge in [-0.3, -0.25) is 14.7 Å². The maximum Gasteiger partial charge on any atom is 0.257 e. The van der Waals surface area contributed by atoms with Gasteiger partial charge in [0.15, 0.2) is 0 Å². The van der Waals surface area contributed by atoms with Gasteiger partial charge in [-0.2, -0.15) is 5.10 Å². The standard InChI is InChI=1S/C13H20N4O2/c1-3-4-5-11-13(19)16(2)6-7-17(11)12(18)10-8-14-15-9-10/h8-9,11H,3-7H2,1-2H3,(H,14,15)/t11-/m1/s1. The number of nitrogens with one attached hydrogen (secondary N) is 1. The van der Waals surface area contributed by atoms with Gasteiger partial charge >= 0.3 is 0 Å². The molecule has 0 spiro atoms. The minimum atomic E-state index is -0.332. The summed E-state index contributed by atoms with van der Waals surface area (Å²) in [5, 5.41) is 6.43. The van der Waals surface area contributed by atoms with Crippen LogP contribution in [0.3, 0.4) is 0 Å². The molecular formula is C13H20N4O2. The lowest BCUT2D eigenvalue weighted by Gasteiger charge is -2.39. The Kier molecular flexibility index (Phi) is 4.19. The molecule has 1 aliphatic rings. The fourth-order valence-electron chi connectivity index (χ4n) is 2.37. The van der Waals surface area contributed by atoms with Crippen LogP contribution in [0.25, 0.3) is 0 Å². The molecule has 1 atom stereocenters. The van der Waals surface area contributed by atoms with Crippen LogP contribution >= 0.6 is 0 Å². The summed E-state index contributed by atoms with van der Waals surface area (Å²) < 4.78 is 0. The third kappa shape index (κ3) is 2.77. The molecule has 0 aromatic carbocycles. The molecule has 1 aromatic rings. The third-order valence-corrected chi connectivity index (χ3v) is 3.55. The molecule has 104 valence electrons. The summed E-state index contributed by atoms with van der Waals surface area (Å²) in [6.45, 7) is 3.25. The summed E-state index contributed by atoms with van der Waals surface area (Å²) >= 11 is 0. The summed E-state index contributed by atoms with van der Waals surface area (Å²) in [6, 6.07) is -0.332. The number of piperazine rings is 1. The predicted molar refractivity (Wildman–Crippen MR) is 70.6 cm³/mol. The molecule has 0 aliphatic carbocycles. The Hall–Kier alpha value is -1.85. The predicted octanol–water partition coefficient (Wildman–Crippen LogP) is 0.883. The number of hydrogen-bond acceptors (Lipinski definition) is 3. The summed E-state index contributed by atoms with van der Waals surface area (Å²) in [4.78, 5) is 28.0. The van der Waals surface area contributed by atoms with Gasteiger partial charge in [0, 0.05) is 26.3 Å². The zero-order chi connectivity index (χ0) is 13.8. The zero-order valence-corrected chi connectivity index (χ0v) is 11.4. The molecule has 1 aliphatic heterocycles. The first-order valence-electron chi connectivity index (χ1n) is 6.70. The van der Waals surface area contributed by atoms with Crippen LogP contribution in [-0.4, -0.2) is 58.0 Å². The van der Waals surface area contributed by atoms with Crippen LogP contribution in [-0.2, 0) is 4.79 Å². The van der Waals surface area contributed by atoms with Crippen LogP contribution < -0.4 is 0 Å². The van der Waals surface area contributed by atoms with Crippen LogP contribution in [0.15, 0.2) is 12.4 Å². The van der Waals surface area contributed by atoms with Gasteiger partial charge in [0.05, 0.1) is 11.8 Å². The second kappa shape index (κ2) is 5.86. The maximum atomic E-state index is 12.4. The summed E-state index contributed by atoms with van der Waals surface area (Å²) in [7, 11) is 1.79. The topological polar surface area (TPSA) is 69.3 Å². The Labute approximate surface area is 112 Å². The summed E-state index contributed by atoms with van der Waals surface area (Å²) in [6.07, 6.45) is 5.76. The van der Waals surface area contributed by atoms with E-state index in [1.807, 2.05) is 0 Å². The van der Waals surface area contributed by atoms with Crippen molar-refractivity contribution in [2.24, 2.45) is 0 Å². The van der Waals surface area contributed by atoms with E-state index in [0.717, 1.165) is 19.3 Å². The van der Waals surface area contributed by atoms with Crippen molar-refractivity contribution in [2.45, 2.75) is 32.2 Å². The van der Waals surface area contributed by atoms with Crippen molar-refractivity contribution >= 4 is 11.8 Å². The highest BCUT2D eigenvalue weighted by molar-refractivity contribution is 5.97. The van der Waals surface area contributed by atoms with E-state index in [2.05, 4.69) is 17.1 Å². The first kappa shape index (κ1) is 13.6. The number of amides is 2. The largest absolute Gasteiger partial charge is 0.342 e. The SMILES string of the molecule is CCCC[C@@H]1C(=O)N(C)CCN1C(=O)c1cn[nH]c1. The van der Waals surface area contributed by atoms with E-state index in [4.69, 9.17) is 0 Å². The Balaban J connectivity index is 2.16. The van der Waals surface area contributed by atoms with Crippen molar-refractivity contribution in [3.8, 4) is 0 Å². The molecule has 0 radical (unpaired) electrons. The molecule has 1 saturated heterocycles. The van der Waals surface area contributed by atoms with E-state index in [-0.39, 0.29) is 17.9 Å². The molecule has 0 saturated carbocycles. The fourth-order valence-corrected chi connectivity index (χ4v) is 2.37. The van der Waals surface area contributed by atoms with E-state index in [0.29, 0.717) is 18.7 Å². The number of likely N-dealkylation sites (N-methyl/N-ethyl adjacent to an activating group) is 1. The minimum absolute atomic E-state index is 0.0385. The van der Waals surface area contributed by atoms with E-state index < -0.39 is 0 Å². The number of carbonyl (C=O) groups is 2. The van der Waals surface area contributed by atoms with Crippen LogP contribution in [0.2, 0.25) is 0 Å². The van der Waals surface area contributed by atoms with Crippen molar-refractivity contribution in [3.05, 3.63) is 18.0 Å². The van der Waals surface area contributed by atoms with Crippen LogP contribution in [0.5, 0.6) is 0 Å². The number of hydrogen-bond donors (Lipinski definition) is 1. The number of aromatic amines is 1. The Morgan fingerprint density at radius 1 is 1.53 bits per heavy atom. The molecule has 19 heavy (non-hydrogen) atoms. The quantitative estimate of drug-likeness (QED) is 0.877. The van der Waals surface area contributed by atoms with Gasteiger partial charge in [-0.05, 0) is 6.42 Å². The van der Waals surface area contributed by atoms with Gasteiger partial charge in [-0.25, -0.2) is 0 Å². The van der Waals surface area contributed by atoms with E-state index in [9.17, 15) is 9.59 Å². The van der Waals surface area contributed by atoms with Crippen LogP contribution in [0.4, 0.5) is 0 Å². The number of nitrogens with zero attached hydrogens (tertiary/aromatic N) is 3. The summed E-state index contributed by atoms with van der Waals surface area (Å²) in [5.41, 5.74) is 0.513. The van der Waals surface area contributed by atoms with Crippen molar-refractivity contribution < 1.29 is 9.59 Å². The van der Waals surface area contributed by atoms with E-state index in [1.165, 1.54) is 6.20 Å². The van der Waals surface area contributed by atoms with Crippen LogP contribution in [0.1, 0.15) is 36.5 Å². The number of unbranched alkanes of at least 4 members (excludes halogenated alkanes) is 1. The Morgan fingerprint density at radius 2 is 2.32 bits per heavy atom. The highest BCUT2D eigenvalue weighted by atomic mass is 16.2. The normalized spacial score (nSPS) is 19.9. The van der Waals surface area contributed by atoms with Crippen LogP contribution in [0, 0.1) is 0 Å². The number of carbonyl (C=O) groups excluding carboxylic acids is 2. The molecule has 1 aromatic heterocycles. The lowest BCUT2D eigenvalue weighted by Crippen LogP contribution is -2.57. The maximum absolute atomic E-state index is 12.4. The van der Waals surface area contributed by atoms with Gasteiger partial charge in [-0.15, -0.1) is 0 Å². The highest BCUT2D eigenvalue weighted by Crippen LogP contribution is 2.18. The van der Waals surface area contributed by atoms with Gasteiger partial charge in [0.1, 0.15) is 6.04 Å². The highest BCUT2D eigenvalue weighted by Gasteiger charge is 2.35. The molecule has 6 heteroatoms. The molecule has 1 fully saturated rings. The lowest BCUT2D eigenvalue weighted by molar-refractivity contribution is -0.138. The average Bonchev–Trinajstić information content (AvgIpc) is 2.93. The second-order valence-electron chi connectivity index (χ2n) is 4.90. The monoisotopic (exact) mass is 264 g/mol. The summed E-state index contributed by atoms with van der Waals surface area (Å²) in [5.74, 6) is -0.0761. The lowest BCUT2D eigenvalue weighted by atomic mass is 10.0. The van der Waals surface area contributed by atoms with Crippen molar-refractivity contribution in [2.75, 3.05) is 20.1 Å². The molecule has 1 N–H and O–H groups in total. The molecular weight excluding hydrogens is 244 g/mol. The smallest absolute Gasteiger partial charge is 0.257 e. The van der Waals surface area contributed by atoms with E-state index >= 15 is 0 Å². The fraction of sp³-hybridized carbons (Fsp3) is 0.615. The first-order chi connectivity index (χ1) is 9.15. The molecule has 2 rings (SSSR count). The average molecular weight is 264 g/mol. The Bertz CT molecular complexity index is 444. The molecule has 2 amide bonds. The number of rotatable bonds is 4. The van der Waals surface area contributed by atoms with Gasteiger partial charge in [0.25, 0.3) is 5.91 Å².